The molecule has 0 aliphatic heterocycles. The molecule has 3 aromatic heterocycles. The van der Waals surface area contributed by atoms with Gasteiger partial charge in [-0.25, -0.2) is 9.97 Å². The highest BCUT2D eigenvalue weighted by Crippen LogP contribution is 2.23. The molecule has 124 valence electrons. The fraction of sp³-hybridized carbons (Fsp3) is 0.176. The molecular formula is C17H16N8. The molecule has 1 aromatic carbocycles. The second-order valence-corrected chi connectivity index (χ2v) is 5.74. The van der Waals surface area contributed by atoms with Gasteiger partial charge in [0.1, 0.15) is 12.0 Å². The van der Waals surface area contributed by atoms with E-state index in [0.717, 1.165) is 16.9 Å². The molecule has 0 atom stereocenters. The van der Waals surface area contributed by atoms with E-state index < -0.39 is 0 Å². The van der Waals surface area contributed by atoms with Gasteiger partial charge in [0.25, 0.3) is 5.78 Å². The zero-order valence-corrected chi connectivity index (χ0v) is 14.1. The lowest BCUT2D eigenvalue weighted by atomic mass is 10.1. The Morgan fingerprint density at radius 2 is 1.88 bits per heavy atom. The molecule has 4 rings (SSSR count). The molecule has 0 radical (unpaired) electrons. The topological polar surface area (TPSA) is 93.8 Å². The summed E-state index contributed by atoms with van der Waals surface area (Å²) < 4.78 is 1.64. The zero-order valence-electron chi connectivity index (χ0n) is 14.1. The molecule has 0 aliphatic carbocycles. The number of fused-ring (bicyclic) bond motifs is 1. The summed E-state index contributed by atoms with van der Waals surface area (Å²) in [6, 6.07) is 7.88. The minimum atomic E-state index is 0.462. The van der Waals surface area contributed by atoms with E-state index >= 15 is 0 Å². The Balaban J connectivity index is 1.73. The summed E-state index contributed by atoms with van der Waals surface area (Å²) in [6.45, 7) is 6.05. The van der Waals surface area contributed by atoms with E-state index in [1.165, 1.54) is 11.9 Å². The average molecular weight is 332 g/mol. The smallest absolute Gasteiger partial charge is 0.271 e. The van der Waals surface area contributed by atoms with Crippen molar-refractivity contribution in [3.8, 4) is 11.4 Å². The number of nitrogens with zero attached hydrogens (tertiary/aromatic N) is 7. The largest absolute Gasteiger partial charge is 0.324 e. The fourth-order valence-corrected chi connectivity index (χ4v) is 2.60. The molecule has 8 nitrogen and oxygen atoms in total. The molecule has 0 saturated heterocycles. The number of aromatic nitrogens is 7. The predicted octanol–water partition coefficient (Wildman–Crippen LogP) is 2.65. The van der Waals surface area contributed by atoms with Crippen molar-refractivity contribution in [2.24, 2.45) is 0 Å². The van der Waals surface area contributed by atoms with Gasteiger partial charge in [0.15, 0.2) is 0 Å². The number of anilines is 2. The summed E-state index contributed by atoms with van der Waals surface area (Å²) in [7, 11) is 0. The average Bonchev–Trinajstić information content (AvgIpc) is 3.09. The van der Waals surface area contributed by atoms with E-state index in [0.29, 0.717) is 23.1 Å². The first-order valence-corrected chi connectivity index (χ1v) is 7.83. The molecule has 0 fully saturated rings. The Kier molecular flexibility index (Phi) is 3.57. The Labute approximate surface area is 144 Å². The SMILES string of the molecule is Cc1cccc(Nc2nccc(-c3nnc4ncnn4c3C)n2)c1C. The lowest BCUT2D eigenvalue weighted by Crippen LogP contribution is -2.05. The predicted molar refractivity (Wildman–Crippen MR) is 93.5 cm³/mol. The highest BCUT2D eigenvalue weighted by atomic mass is 15.4. The molecule has 25 heavy (non-hydrogen) atoms. The van der Waals surface area contributed by atoms with Crippen LogP contribution < -0.4 is 5.32 Å². The summed E-state index contributed by atoms with van der Waals surface area (Å²) in [5.74, 6) is 0.968. The van der Waals surface area contributed by atoms with E-state index in [2.05, 4.69) is 55.5 Å². The van der Waals surface area contributed by atoms with E-state index in [-0.39, 0.29) is 0 Å². The molecule has 0 amide bonds. The van der Waals surface area contributed by atoms with E-state index in [9.17, 15) is 0 Å². The summed E-state index contributed by atoms with van der Waals surface area (Å²) in [6.07, 6.45) is 3.15. The zero-order chi connectivity index (χ0) is 17.4. The van der Waals surface area contributed by atoms with Crippen molar-refractivity contribution in [3.63, 3.8) is 0 Å². The van der Waals surface area contributed by atoms with Crippen molar-refractivity contribution in [2.75, 3.05) is 5.32 Å². The molecule has 0 unspecified atom stereocenters. The van der Waals surface area contributed by atoms with Gasteiger partial charge in [0, 0.05) is 11.9 Å². The molecule has 8 heteroatoms. The van der Waals surface area contributed by atoms with Crippen LogP contribution in [-0.2, 0) is 0 Å². The molecule has 0 bridgehead atoms. The van der Waals surface area contributed by atoms with Crippen LogP contribution in [0.15, 0.2) is 36.8 Å². The Hall–Kier alpha value is -3.42. The molecule has 0 saturated carbocycles. The normalized spacial score (nSPS) is 11.0. The number of nitrogens with one attached hydrogen (secondary N) is 1. The lowest BCUT2D eigenvalue weighted by Gasteiger charge is -2.11. The van der Waals surface area contributed by atoms with Gasteiger partial charge >= 0.3 is 0 Å². The molecular weight excluding hydrogens is 316 g/mol. The van der Waals surface area contributed by atoms with Crippen LogP contribution in [0, 0.1) is 20.8 Å². The van der Waals surface area contributed by atoms with Gasteiger partial charge in [-0.1, -0.05) is 12.1 Å². The van der Waals surface area contributed by atoms with Crippen molar-refractivity contribution in [1.29, 1.82) is 0 Å². The van der Waals surface area contributed by atoms with Crippen molar-refractivity contribution in [2.45, 2.75) is 20.8 Å². The lowest BCUT2D eigenvalue weighted by molar-refractivity contribution is 0.850. The van der Waals surface area contributed by atoms with Crippen LogP contribution in [0.4, 0.5) is 11.6 Å². The maximum atomic E-state index is 4.57. The van der Waals surface area contributed by atoms with Crippen molar-refractivity contribution >= 4 is 17.4 Å². The van der Waals surface area contributed by atoms with Crippen molar-refractivity contribution in [1.82, 2.24) is 34.8 Å². The first-order chi connectivity index (χ1) is 12.1. The van der Waals surface area contributed by atoms with E-state index in [1.807, 2.05) is 19.1 Å². The Morgan fingerprint density at radius 3 is 2.76 bits per heavy atom. The molecule has 0 spiro atoms. The van der Waals surface area contributed by atoms with Gasteiger partial charge in [0.05, 0.1) is 11.4 Å². The number of hydrogen-bond donors (Lipinski definition) is 1. The van der Waals surface area contributed by atoms with Crippen LogP contribution >= 0.6 is 0 Å². The first kappa shape index (κ1) is 15.1. The van der Waals surface area contributed by atoms with Crippen LogP contribution in [0.3, 0.4) is 0 Å². The maximum absolute atomic E-state index is 4.57. The van der Waals surface area contributed by atoms with Gasteiger partial charge < -0.3 is 5.32 Å². The number of rotatable bonds is 3. The van der Waals surface area contributed by atoms with Gasteiger partial charge in [-0.05, 0) is 44.0 Å². The summed E-state index contributed by atoms with van der Waals surface area (Å²) in [5, 5.41) is 15.7. The quantitative estimate of drug-likeness (QED) is 0.616. The van der Waals surface area contributed by atoms with Gasteiger partial charge in [-0.15, -0.1) is 10.2 Å². The molecule has 4 aromatic rings. The standard InChI is InChI=1S/C17H16N8/c1-10-5-4-6-13(11(10)2)21-16-18-8-7-14(22-16)15-12(3)25-17(24-23-15)19-9-20-25/h4-9H,1-3H3,(H,18,21,22). The third-order valence-electron chi connectivity index (χ3n) is 4.18. The monoisotopic (exact) mass is 332 g/mol. The Morgan fingerprint density at radius 1 is 1.00 bits per heavy atom. The second kappa shape index (κ2) is 5.90. The minimum absolute atomic E-state index is 0.462. The van der Waals surface area contributed by atoms with Gasteiger partial charge in [0.2, 0.25) is 5.95 Å². The third-order valence-corrected chi connectivity index (χ3v) is 4.18. The van der Waals surface area contributed by atoms with Crippen LogP contribution in [0.1, 0.15) is 16.8 Å². The van der Waals surface area contributed by atoms with Crippen LogP contribution in [0.2, 0.25) is 0 Å². The highest BCUT2D eigenvalue weighted by molar-refractivity contribution is 5.63. The summed E-state index contributed by atoms with van der Waals surface area (Å²) in [4.78, 5) is 12.9. The molecule has 1 N–H and O–H groups in total. The van der Waals surface area contributed by atoms with Crippen LogP contribution in [0.25, 0.3) is 17.2 Å². The van der Waals surface area contributed by atoms with Gasteiger partial charge in [-0.3, -0.25) is 0 Å². The van der Waals surface area contributed by atoms with Crippen LogP contribution in [-0.4, -0.2) is 34.8 Å². The molecule has 3 heterocycles. The fourth-order valence-electron chi connectivity index (χ4n) is 2.60. The Bertz CT molecular complexity index is 1070. The number of aryl methyl sites for hydroxylation is 2. The number of benzene rings is 1. The molecule has 0 aliphatic rings. The van der Waals surface area contributed by atoms with E-state index in [4.69, 9.17) is 0 Å². The number of hydrogen-bond acceptors (Lipinski definition) is 7. The van der Waals surface area contributed by atoms with Crippen LogP contribution in [0.5, 0.6) is 0 Å². The summed E-state index contributed by atoms with van der Waals surface area (Å²) >= 11 is 0. The van der Waals surface area contributed by atoms with Crippen molar-refractivity contribution < 1.29 is 0 Å². The maximum Gasteiger partial charge on any atom is 0.271 e. The first-order valence-electron chi connectivity index (χ1n) is 7.83. The van der Waals surface area contributed by atoms with E-state index in [1.54, 1.807) is 16.8 Å². The highest BCUT2D eigenvalue weighted by Gasteiger charge is 2.13. The summed E-state index contributed by atoms with van der Waals surface area (Å²) in [5.41, 5.74) is 5.48. The third kappa shape index (κ3) is 2.67. The minimum Gasteiger partial charge on any atom is -0.324 e. The van der Waals surface area contributed by atoms with Crippen molar-refractivity contribution in [3.05, 3.63) is 53.6 Å². The second-order valence-electron chi connectivity index (χ2n) is 5.74. The van der Waals surface area contributed by atoms with Gasteiger partial charge in [-0.2, -0.15) is 14.6 Å².